The molecule has 1 atom stereocenters. The van der Waals surface area contributed by atoms with Gasteiger partial charge in [-0.3, -0.25) is 9.10 Å². The SMILES string of the molecule is COc1ccccc1N(CC(=O)NC(C)c1ccc2c(c1)CCC2)S(C)(=O)=O. The van der Waals surface area contributed by atoms with Crippen LogP contribution in [-0.4, -0.2) is 34.2 Å². The molecule has 28 heavy (non-hydrogen) atoms. The molecular weight excluding hydrogens is 376 g/mol. The van der Waals surface area contributed by atoms with E-state index in [1.54, 1.807) is 24.3 Å². The molecule has 1 N–H and O–H groups in total. The van der Waals surface area contributed by atoms with Gasteiger partial charge < -0.3 is 10.1 Å². The minimum atomic E-state index is -3.66. The zero-order chi connectivity index (χ0) is 20.3. The quantitative estimate of drug-likeness (QED) is 0.773. The number of carbonyl (C=O) groups excluding carboxylic acids is 1. The first-order valence-electron chi connectivity index (χ1n) is 9.31. The first kappa shape index (κ1) is 20.2. The summed E-state index contributed by atoms with van der Waals surface area (Å²) in [5.74, 6) is 0.0247. The molecule has 3 rings (SSSR count). The summed E-state index contributed by atoms with van der Waals surface area (Å²) < 4.78 is 30.9. The van der Waals surface area contributed by atoms with Gasteiger partial charge in [-0.1, -0.05) is 30.3 Å². The molecule has 0 saturated carbocycles. The number of ether oxygens (including phenoxy) is 1. The van der Waals surface area contributed by atoms with Crippen molar-refractivity contribution in [1.29, 1.82) is 0 Å². The molecule has 2 aromatic rings. The van der Waals surface area contributed by atoms with Crippen molar-refractivity contribution in [2.45, 2.75) is 32.2 Å². The Labute approximate surface area is 166 Å². The van der Waals surface area contributed by atoms with Crippen LogP contribution >= 0.6 is 0 Å². The van der Waals surface area contributed by atoms with Gasteiger partial charge >= 0.3 is 0 Å². The van der Waals surface area contributed by atoms with Crippen LogP contribution in [0.4, 0.5) is 5.69 Å². The Morgan fingerprint density at radius 1 is 1.18 bits per heavy atom. The van der Waals surface area contributed by atoms with Gasteiger partial charge in [0, 0.05) is 0 Å². The van der Waals surface area contributed by atoms with Gasteiger partial charge in [-0.25, -0.2) is 8.42 Å². The van der Waals surface area contributed by atoms with Gasteiger partial charge in [0.05, 0.1) is 25.1 Å². The van der Waals surface area contributed by atoms with Crippen molar-refractivity contribution in [3.63, 3.8) is 0 Å². The largest absolute Gasteiger partial charge is 0.495 e. The third-order valence-electron chi connectivity index (χ3n) is 5.04. The summed E-state index contributed by atoms with van der Waals surface area (Å²) in [4.78, 5) is 12.6. The minimum Gasteiger partial charge on any atom is -0.495 e. The molecule has 0 aliphatic heterocycles. The molecule has 6 nitrogen and oxygen atoms in total. The molecule has 1 aliphatic rings. The molecule has 150 valence electrons. The fourth-order valence-electron chi connectivity index (χ4n) is 3.58. The topological polar surface area (TPSA) is 75.7 Å². The summed E-state index contributed by atoms with van der Waals surface area (Å²) in [5.41, 5.74) is 4.08. The Hall–Kier alpha value is -2.54. The van der Waals surface area contributed by atoms with Crippen LogP contribution in [0.5, 0.6) is 5.75 Å². The van der Waals surface area contributed by atoms with Crippen LogP contribution in [0.15, 0.2) is 42.5 Å². The summed E-state index contributed by atoms with van der Waals surface area (Å²) >= 11 is 0. The predicted molar refractivity (Wildman–Crippen MR) is 110 cm³/mol. The number of aryl methyl sites for hydroxylation is 2. The first-order chi connectivity index (χ1) is 13.3. The molecule has 0 heterocycles. The number of rotatable bonds is 7. The van der Waals surface area contributed by atoms with Crippen molar-refractivity contribution in [3.05, 3.63) is 59.2 Å². The van der Waals surface area contributed by atoms with Gasteiger partial charge in [-0.05, 0) is 55.0 Å². The lowest BCUT2D eigenvalue weighted by atomic mass is 10.0. The van der Waals surface area contributed by atoms with Gasteiger partial charge in [-0.2, -0.15) is 0 Å². The van der Waals surface area contributed by atoms with E-state index in [2.05, 4.69) is 17.4 Å². The summed E-state index contributed by atoms with van der Waals surface area (Å²) in [7, 11) is -2.19. The number of hydrogen-bond acceptors (Lipinski definition) is 4. The lowest BCUT2D eigenvalue weighted by Crippen LogP contribution is -2.41. The van der Waals surface area contributed by atoms with E-state index in [-0.39, 0.29) is 18.5 Å². The van der Waals surface area contributed by atoms with Crippen LogP contribution in [0.2, 0.25) is 0 Å². The number of sulfonamides is 1. The van der Waals surface area contributed by atoms with Crippen molar-refractivity contribution < 1.29 is 17.9 Å². The Bertz CT molecular complexity index is 972. The number of nitrogens with zero attached hydrogens (tertiary/aromatic N) is 1. The second-order valence-corrected chi connectivity index (χ2v) is 9.02. The Morgan fingerprint density at radius 2 is 1.89 bits per heavy atom. The normalized spacial score (nSPS) is 14.2. The maximum atomic E-state index is 12.6. The molecule has 1 unspecified atom stereocenters. The number of fused-ring (bicyclic) bond motifs is 1. The highest BCUT2D eigenvalue weighted by Gasteiger charge is 2.24. The minimum absolute atomic E-state index is 0.211. The second kappa shape index (κ2) is 8.22. The summed E-state index contributed by atoms with van der Waals surface area (Å²) in [5, 5.41) is 2.91. The molecule has 0 saturated heterocycles. The summed E-state index contributed by atoms with van der Waals surface area (Å²) in [6.45, 7) is 1.59. The monoisotopic (exact) mass is 402 g/mol. The smallest absolute Gasteiger partial charge is 0.241 e. The van der Waals surface area contributed by atoms with E-state index in [9.17, 15) is 13.2 Å². The molecule has 0 spiro atoms. The zero-order valence-corrected chi connectivity index (χ0v) is 17.3. The van der Waals surface area contributed by atoms with E-state index < -0.39 is 10.0 Å². The van der Waals surface area contributed by atoms with Crippen LogP contribution < -0.4 is 14.4 Å². The van der Waals surface area contributed by atoms with Crippen LogP contribution in [0.1, 0.15) is 36.1 Å². The van der Waals surface area contributed by atoms with Crippen LogP contribution in [-0.2, 0) is 27.7 Å². The number of methoxy groups -OCH3 is 1. The van der Waals surface area contributed by atoms with Crippen molar-refractivity contribution in [1.82, 2.24) is 5.32 Å². The van der Waals surface area contributed by atoms with Crippen LogP contribution in [0, 0.1) is 0 Å². The molecule has 0 bridgehead atoms. The van der Waals surface area contributed by atoms with E-state index in [0.29, 0.717) is 11.4 Å². The maximum absolute atomic E-state index is 12.6. The number of carbonyl (C=O) groups is 1. The lowest BCUT2D eigenvalue weighted by molar-refractivity contribution is -0.120. The average Bonchev–Trinajstić information content (AvgIpc) is 3.13. The summed E-state index contributed by atoms with van der Waals surface area (Å²) in [6, 6.07) is 12.8. The Morgan fingerprint density at radius 3 is 2.61 bits per heavy atom. The third kappa shape index (κ3) is 4.47. The van der Waals surface area contributed by atoms with Crippen LogP contribution in [0.3, 0.4) is 0 Å². The number of hydrogen-bond donors (Lipinski definition) is 1. The zero-order valence-electron chi connectivity index (χ0n) is 16.4. The summed E-state index contributed by atoms with van der Waals surface area (Å²) in [6.07, 6.45) is 4.43. The molecule has 0 fully saturated rings. The highest BCUT2D eigenvalue weighted by Crippen LogP contribution is 2.29. The second-order valence-electron chi connectivity index (χ2n) is 7.11. The van der Waals surface area contributed by atoms with Crippen LogP contribution in [0.25, 0.3) is 0 Å². The van der Waals surface area contributed by atoms with Crippen molar-refractivity contribution in [2.24, 2.45) is 0 Å². The van der Waals surface area contributed by atoms with Gasteiger partial charge in [0.2, 0.25) is 15.9 Å². The molecular formula is C21H26N2O4S. The van der Waals surface area contributed by atoms with Gasteiger partial charge in [0.15, 0.2) is 0 Å². The Kier molecular flexibility index (Phi) is 5.93. The van der Waals surface area contributed by atoms with Crippen molar-refractivity contribution >= 4 is 21.6 Å². The lowest BCUT2D eigenvalue weighted by Gasteiger charge is -2.24. The maximum Gasteiger partial charge on any atom is 0.241 e. The fraction of sp³-hybridized carbons (Fsp3) is 0.381. The highest BCUT2D eigenvalue weighted by molar-refractivity contribution is 7.92. The number of nitrogens with one attached hydrogen (secondary N) is 1. The van der Waals surface area contributed by atoms with Gasteiger partial charge in [0.1, 0.15) is 12.3 Å². The molecule has 1 amide bonds. The highest BCUT2D eigenvalue weighted by atomic mass is 32.2. The Balaban J connectivity index is 1.75. The van der Waals surface area contributed by atoms with Gasteiger partial charge in [-0.15, -0.1) is 0 Å². The standard InChI is InChI=1S/C21H26N2O4S/c1-15(17-12-11-16-7-6-8-18(16)13-17)22-21(24)14-23(28(3,25)26)19-9-4-5-10-20(19)27-2/h4-5,9-13,15H,6-8,14H2,1-3H3,(H,22,24). The predicted octanol–water partition coefficient (Wildman–Crippen LogP) is 2.83. The molecule has 2 aromatic carbocycles. The van der Waals surface area contributed by atoms with E-state index in [1.165, 1.54) is 24.7 Å². The number of benzene rings is 2. The van der Waals surface area contributed by atoms with Crippen molar-refractivity contribution in [2.75, 3.05) is 24.2 Å². The molecule has 1 aliphatic carbocycles. The molecule has 7 heteroatoms. The number of amides is 1. The van der Waals surface area contributed by atoms with Gasteiger partial charge in [0.25, 0.3) is 0 Å². The van der Waals surface area contributed by atoms with E-state index in [0.717, 1.165) is 29.0 Å². The number of anilines is 1. The first-order valence-corrected chi connectivity index (χ1v) is 11.2. The molecule has 0 radical (unpaired) electrons. The third-order valence-corrected chi connectivity index (χ3v) is 6.17. The van der Waals surface area contributed by atoms with Crippen molar-refractivity contribution in [3.8, 4) is 5.75 Å². The fourth-order valence-corrected chi connectivity index (χ4v) is 4.44. The van der Waals surface area contributed by atoms with E-state index in [1.807, 2.05) is 13.0 Å². The number of para-hydroxylation sites is 2. The van der Waals surface area contributed by atoms with E-state index in [4.69, 9.17) is 4.74 Å². The van der Waals surface area contributed by atoms with E-state index >= 15 is 0 Å². The molecule has 0 aromatic heterocycles. The average molecular weight is 403 g/mol.